The fourth-order valence-corrected chi connectivity index (χ4v) is 3.72. The van der Waals surface area contributed by atoms with Crippen molar-refractivity contribution in [1.82, 2.24) is 10.3 Å². The third-order valence-corrected chi connectivity index (χ3v) is 5.13. The van der Waals surface area contributed by atoms with Gasteiger partial charge in [0, 0.05) is 13.0 Å². The molecule has 0 atom stereocenters. The molecule has 26 heavy (non-hydrogen) atoms. The fraction of sp³-hybridized carbons (Fsp3) is 0.333. The average Bonchev–Trinajstić information content (AvgIpc) is 3.04. The molecule has 1 aromatic heterocycles. The molecular weight excluding hydrogens is 344 g/mol. The second-order valence-electron chi connectivity index (χ2n) is 6.30. The maximum atomic E-state index is 11.9. The predicted octanol–water partition coefficient (Wildman–Crippen LogP) is 4.51. The van der Waals surface area contributed by atoms with E-state index < -0.39 is 0 Å². The molecule has 0 radical (unpaired) electrons. The minimum absolute atomic E-state index is 0.0988. The highest BCUT2D eigenvalue weighted by atomic mass is 32.1. The topological polar surface area (TPSA) is 51.2 Å². The lowest BCUT2D eigenvalue weighted by molar-refractivity contribution is -0.121. The van der Waals surface area contributed by atoms with Crippen LogP contribution >= 0.6 is 11.3 Å². The molecule has 5 heteroatoms. The van der Waals surface area contributed by atoms with E-state index in [0.29, 0.717) is 19.6 Å². The van der Waals surface area contributed by atoms with E-state index in [2.05, 4.69) is 16.4 Å². The Morgan fingerprint density at radius 1 is 1.15 bits per heavy atom. The van der Waals surface area contributed by atoms with E-state index in [-0.39, 0.29) is 5.91 Å². The van der Waals surface area contributed by atoms with Crippen LogP contribution in [0.3, 0.4) is 0 Å². The molecule has 0 aliphatic carbocycles. The van der Waals surface area contributed by atoms with Crippen LogP contribution in [-0.4, -0.2) is 24.0 Å². The summed E-state index contributed by atoms with van der Waals surface area (Å²) in [7, 11) is 0. The molecule has 3 rings (SSSR count). The fourth-order valence-electron chi connectivity index (χ4n) is 2.71. The van der Waals surface area contributed by atoms with Crippen LogP contribution in [0.4, 0.5) is 0 Å². The second-order valence-corrected chi connectivity index (χ2v) is 7.41. The van der Waals surface area contributed by atoms with Gasteiger partial charge in [0.2, 0.25) is 5.91 Å². The van der Waals surface area contributed by atoms with Crippen LogP contribution in [0, 0.1) is 6.92 Å². The Morgan fingerprint density at radius 2 is 2.04 bits per heavy atom. The van der Waals surface area contributed by atoms with Gasteiger partial charge >= 0.3 is 0 Å². The monoisotopic (exact) mass is 368 g/mol. The van der Waals surface area contributed by atoms with E-state index in [1.807, 2.05) is 49.4 Å². The summed E-state index contributed by atoms with van der Waals surface area (Å²) < 4.78 is 6.89. The van der Waals surface area contributed by atoms with E-state index in [4.69, 9.17) is 4.74 Å². The largest absolute Gasteiger partial charge is 0.494 e. The number of carbonyl (C=O) groups excluding carboxylic acids is 1. The van der Waals surface area contributed by atoms with Crippen LogP contribution in [0.2, 0.25) is 0 Å². The van der Waals surface area contributed by atoms with Gasteiger partial charge in [0.15, 0.2) is 0 Å². The van der Waals surface area contributed by atoms with E-state index in [1.165, 1.54) is 10.3 Å². The van der Waals surface area contributed by atoms with Gasteiger partial charge in [0.1, 0.15) is 5.75 Å². The smallest absolute Gasteiger partial charge is 0.220 e. The Balaban J connectivity index is 1.28. The molecule has 3 aromatic rings. The number of amides is 1. The molecule has 0 unspecified atom stereocenters. The normalized spacial score (nSPS) is 10.8. The first-order valence-corrected chi connectivity index (χ1v) is 9.83. The number of rotatable bonds is 9. The SMILES string of the molecule is Cc1cccc(OCCCNC(=O)CCCc2nc3ccccc3s2)c1. The molecule has 1 amide bonds. The second kappa shape index (κ2) is 9.34. The zero-order valence-corrected chi connectivity index (χ0v) is 15.8. The van der Waals surface area contributed by atoms with Crippen molar-refractivity contribution >= 4 is 27.5 Å². The third kappa shape index (κ3) is 5.56. The Labute approximate surface area is 158 Å². The number of aromatic nitrogens is 1. The van der Waals surface area contributed by atoms with Gasteiger partial charge in [-0.25, -0.2) is 4.98 Å². The molecule has 2 aromatic carbocycles. The highest BCUT2D eigenvalue weighted by Crippen LogP contribution is 2.22. The van der Waals surface area contributed by atoms with E-state index >= 15 is 0 Å². The Hall–Kier alpha value is -2.40. The van der Waals surface area contributed by atoms with Crippen molar-refractivity contribution in [2.45, 2.75) is 32.6 Å². The summed E-state index contributed by atoms with van der Waals surface area (Å²) in [5, 5.41) is 4.06. The number of carbonyl (C=O) groups is 1. The Bertz CT molecular complexity index is 827. The number of hydrogen-bond acceptors (Lipinski definition) is 4. The van der Waals surface area contributed by atoms with Crippen molar-refractivity contribution in [2.75, 3.05) is 13.2 Å². The van der Waals surface area contributed by atoms with Crippen molar-refractivity contribution in [2.24, 2.45) is 0 Å². The number of benzene rings is 2. The predicted molar refractivity (Wildman–Crippen MR) is 107 cm³/mol. The number of ether oxygens (including phenoxy) is 1. The van der Waals surface area contributed by atoms with Crippen LogP contribution < -0.4 is 10.1 Å². The number of thiazole rings is 1. The third-order valence-electron chi connectivity index (χ3n) is 4.03. The highest BCUT2D eigenvalue weighted by Gasteiger charge is 2.05. The van der Waals surface area contributed by atoms with Gasteiger partial charge in [-0.1, -0.05) is 24.3 Å². The summed E-state index contributed by atoms with van der Waals surface area (Å²) in [6.45, 7) is 3.29. The summed E-state index contributed by atoms with van der Waals surface area (Å²) in [4.78, 5) is 16.5. The van der Waals surface area contributed by atoms with Crippen molar-refractivity contribution in [3.8, 4) is 5.75 Å². The number of fused-ring (bicyclic) bond motifs is 1. The van der Waals surface area contributed by atoms with Crippen molar-refractivity contribution in [1.29, 1.82) is 0 Å². The number of para-hydroxylation sites is 1. The minimum Gasteiger partial charge on any atom is -0.494 e. The van der Waals surface area contributed by atoms with E-state index in [0.717, 1.165) is 35.5 Å². The van der Waals surface area contributed by atoms with Gasteiger partial charge in [-0.3, -0.25) is 4.79 Å². The molecule has 1 heterocycles. The lowest BCUT2D eigenvalue weighted by Crippen LogP contribution is -2.25. The lowest BCUT2D eigenvalue weighted by Gasteiger charge is -2.08. The molecule has 4 nitrogen and oxygen atoms in total. The molecular formula is C21H24N2O2S. The van der Waals surface area contributed by atoms with Crippen LogP contribution in [0.25, 0.3) is 10.2 Å². The number of aryl methyl sites for hydroxylation is 2. The molecule has 0 aliphatic rings. The molecule has 0 saturated heterocycles. The summed E-state index contributed by atoms with van der Waals surface area (Å²) in [5.74, 6) is 0.980. The number of nitrogens with zero attached hydrogens (tertiary/aromatic N) is 1. The van der Waals surface area contributed by atoms with Crippen LogP contribution in [0.15, 0.2) is 48.5 Å². The first-order valence-electron chi connectivity index (χ1n) is 9.01. The standard InChI is InChI=1S/C21H24N2O2S/c1-16-7-4-8-17(15-16)25-14-6-13-22-20(24)11-5-12-21-23-18-9-2-3-10-19(18)26-21/h2-4,7-10,15H,5-6,11-14H2,1H3,(H,22,24). The van der Waals surface area contributed by atoms with Crippen LogP contribution in [-0.2, 0) is 11.2 Å². The van der Waals surface area contributed by atoms with Crippen molar-refractivity contribution < 1.29 is 9.53 Å². The van der Waals surface area contributed by atoms with E-state index in [1.54, 1.807) is 11.3 Å². The average molecular weight is 369 g/mol. The van der Waals surface area contributed by atoms with Gasteiger partial charge < -0.3 is 10.1 Å². The zero-order valence-electron chi connectivity index (χ0n) is 15.0. The summed E-state index contributed by atoms with van der Waals surface area (Å²) in [6.07, 6.45) is 3.01. The van der Waals surface area contributed by atoms with Crippen molar-refractivity contribution in [3.63, 3.8) is 0 Å². The molecule has 136 valence electrons. The Kier molecular flexibility index (Phi) is 6.61. The van der Waals surface area contributed by atoms with Gasteiger partial charge in [-0.2, -0.15) is 0 Å². The van der Waals surface area contributed by atoms with Crippen LogP contribution in [0.1, 0.15) is 29.8 Å². The highest BCUT2D eigenvalue weighted by molar-refractivity contribution is 7.18. The van der Waals surface area contributed by atoms with Gasteiger partial charge in [-0.05, 0) is 56.0 Å². The van der Waals surface area contributed by atoms with E-state index in [9.17, 15) is 4.79 Å². The van der Waals surface area contributed by atoms with Crippen LogP contribution in [0.5, 0.6) is 5.75 Å². The van der Waals surface area contributed by atoms with Gasteiger partial charge in [0.05, 0.1) is 21.8 Å². The zero-order chi connectivity index (χ0) is 18.2. The number of nitrogens with one attached hydrogen (secondary N) is 1. The molecule has 0 saturated carbocycles. The first kappa shape index (κ1) is 18.4. The summed E-state index contributed by atoms with van der Waals surface area (Å²) >= 11 is 1.71. The van der Waals surface area contributed by atoms with Gasteiger partial charge in [-0.15, -0.1) is 11.3 Å². The summed E-state index contributed by atoms with van der Waals surface area (Å²) in [6, 6.07) is 16.1. The number of hydrogen-bond donors (Lipinski definition) is 1. The molecule has 0 spiro atoms. The molecule has 0 aliphatic heterocycles. The molecule has 0 fully saturated rings. The lowest BCUT2D eigenvalue weighted by atomic mass is 10.2. The quantitative estimate of drug-likeness (QED) is 0.565. The van der Waals surface area contributed by atoms with Crippen molar-refractivity contribution in [3.05, 3.63) is 59.1 Å². The Morgan fingerprint density at radius 3 is 2.88 bits per heavy atom. The first-order chi connectivity index (χ1) is 12.7. The summed E-state index contributed by atoms with van der Waals surface area (Å²) in [5.41, 5.74) is 2.23. The molecule has 1 N–H and O–H groups in total. The maximum absolute atomic E-state index is 11.9. The maximum Gasteiger partial charge on any atom is 0.220 e. The minimum atomic E-state index is 0.0988. The van der Waals surface area contributed by atoms with Gasteiger partial charge in [0.25, 0.3) is 0 Å². The molecule has 0 bridgehead atoms.